The summed E-state index contributed by atoms with van der Waals surface area (Å²) in [6.07, 6.45) is 2.74. The number of rotatable bonds is 60. The summed E-state index contributed by atoms with van der Waals surface area (Å²) in [6, 6.07) is -0.942. The predicted octanol–water partition coefficient (Wildman–Crippen LogP) is 0.542. The van der Waals surface area contributed by atoms with Crippen molar-refractivity contribution in [3.63, 3.8) is 0 Å². The van der Waals surface area contributed by atoms with Crippen molar-refractivity contribution in [1.29, 1.82) is 0 Å². The number of carbonyl (C=O) groups excluding carboxylic acids is 2. The molecule has 0 fully saturated rings. The van der Waals surface area contributed by atoms with Gasteiger partial charge in [-0.1, -0.05) is 27.2 Å². The Balaban J connectivity index is 3.78. The molecule has 2 unspecified atom stereocenters. The minimum Gasteiger partial charge on any atom is -0.480 e. The molecule has 432 valence electrons. The number of carbonyl (C=O) groups is 5. The Bertz CT molecular complexity index is 1350. The fraction of sp³-hybridized carbons (Fsp3) is 0.898. The maximum absolute atomic E-state index is 12.6. The Labute approximate surface area is 441 Å². The maximum Gasteiger partial charge on any atom is 0.320 e. The smallest absolute Gasteiger partial charge is 0.320 e. The van der Waals surface area contributed by atoms with E-state index in [4.69, 9.17) is 64.7 Å². The number of aliphatic carboxylic acids is 3. The van der Waals surface area contributed by atoms with E-state index in [1.165, 1.54) is 0 Å². The lowest BCUT2D eigenvalue weighted by molar-refractivity contribution is -0.144. The molecular weight excluding hydrogens is 975 g/mol. The molecule has 0 aliphatic rings. The number of nitrogens with zero attached hydrogens (tertiary/aromatic N) is 3. The van der Waals surface area contributed by atoms with Crippen LogP contribution >= 0.6 is 0 Å². The molecule has 0 aliphatic carbocycles. The van der Waals surface area contributed by atoms with E-state index in [9.17, 15) is 39.3 Å². The van der Waals surface area contributed by atoms with E-state index in [-0.39, 0.29) is 70.2 Å². The lowest BCUT2D eigenvalue weighted by atomic mass is 10.0. The third-order valence-electron chi connectivity index (χ3n) is 10.8. The molecule has 0 aromatic carbocycles. The normalized spacial score (nSPS) is 12.5. The average molecular weight is 1070 g/mol. The average Bonchev–Trinajstić information content (AvgIpc) is 3.36. The summed E-state index contributed by atoms with van der Waals surface area (Å²) in [7, 11) is 5.03. The molecule has 25 heteroatoms. The monoisotopic (exact) mass is 1070 g/mol. The van der Waals surface area contributed by atoms with Gasteiger partial charge < -0.3 is 82.3 Å². The molecule has 0 saturated heterocycles. The predicted molar refractivity (Wildman–Crippen MR) is 273 cm³/mol. The fourth-order valence-electron chi connectivity index (χ4n) is 6.57. The molecule has 4 N–H and O–H groups in total. The second-order valence-electron chi connectivity index (χ2n) is 17.0. The molecule has 0 aromatic rings. The second kappa shape index (κ2) is 53.4. The van der Waals surface area contributed by atoms with Crippen LogP contribution in [0.1, 0.15) is 59.3 Å². The summed E-state index contributed by atoms with van der Waals surface area (Å²) in [5.41, 5.74) is -0.388. The van der Waals surface area contributed by atoms with Crippen LogP contribution in [0.5, 0.6) is 0 Å². The van der Waals surface area contributed by atoms with Crippen LogP contribution in [0.25, 0.3) is 0 Å². The zero-order valence-electron chi connectivity index (χ0n) is 44.9. The first-order valence-electron chi connectivity index (χ1n) is 26.2. The minimum atomic E-state index is -1.06. The van der Waals surface area contributed by atoms with Crippen LogP contribution in [0.15, 0.2) is 0 Å². The molecule has 0 saturated carbocycles. The first-order chi connectivity index (χ1) is 35.9. The Kier molecular flexibility index (Phi) is 51.3. The Morgan fingerprint density at radius 1 is 0.446 bits per heavy atom. The van der Waals surface area contributed by atoms with Crippen molar-refractivity contribution in [2.45, 2.75) is 65.3 Å². The van der Waals surface area contributed by atoms with Crippen LogP contribution in [-0.4, -0.2) is 291 Å². The van der Waals surface area contributed by atoms with Gasteiger partial charge in [0.25, 0.3) is 0 Å². The summed E-state index contributed by atoms with van der Waals surface area (Å²) in [5, 5.41) is 31.8. The van der Waals surface area contributed by atoms with Gasteiger partial charge >= 0.3 is 17.9 Å². The third kappa shape index (κ3) is 49.9. The number of carboxylic acid groups (broad SMARTS) is 3. The van der Waals surface area contributed by atoms with Crippen LogP contribution < -0.4 is 5.32 Å². The van der Waals surface area contributed by atoms with Crippen LogP contribution in [-0.2, 0) is 80.8 Å². The van der Waals surface area contributed by atoms with Crippen molar-refractivity contribution < 1.29 is 96.1 Å². The van der Waals surface area contributed by atoms with Gasteiger partial charge in [-0.05, 0) is 38.3 Å². The maximum atomic E-state index is 12.6. The molecule has 74 heavy (non-hydrogen) atoms. The van der Waals surface area contributed by atoms with E-state index in [0.29, 0.717) is 190 Å². The first kappa shape index (κ1) is 71.0. The quantitative estimate of drug-likeness (QED) is 0.0478. The van der Waals surface area contributed by atoms with Gasteiger partial charge in [0.1, 0.15) is 6.04 Å². The Morgan fingerprint density at radius 3 is 1.11 bits per heavy atom. The van der Waals surface area contributed by atoms with Crippen LogP contribution in [0, 0.1) is 5.92 Å². The van der Waals surface area contributed by atoms with Gasteiger partial charge in [-0.2, -0.15) is 0 Å². The molecule has 0 spiro atoms. The van der Waals surface area contributed by atoms with Gasteiger partial charge in [0.05, 0.1) is 177 Å². The van der Waals surface area contributed by atoms with Crippen molar-refractivity contribution in [2.24, 2.45) is 5.92 Å². The van der Waals surface area contributed by atoms with Gasteiger partial charge in [-0.25, -0.2) is 0 Å². The molecule has 0 heterocycles. The van der Waals surface area contributed by atoms with Crippen molar-refractivity contribution >= 4 is 37.3 Å². The molecule has 0 aromatic heterocycles. The summed E-state index contributed by atoms with van der Waals surface area (Å²) < 4.78 is 65.5. The minimum absolute atomic E-state index is 0.00991. The largest absolute Gasteiger partial charge is 0.480 e. The van der Waals surface area contributed by atoms with E-state index < -0.39 is 23.9 Å². The standard InChI is InChI=1S/C49H93BN4O20/c1-4-11-54(16-15-53(42-48(59)60)14-13-52(41-47(57)58)12-8-43(3)5-2)44(49(61)62)6-7-46(56)51-10-18-64-20-22-66-24-26-68-28-30-70-32-34-72-36-38-74-40-39-73-37-35-71-33-31-69-29-27-67-25-23-65-21-19-63-17-9-45(50)55/h43-44H,4-42H2,1-3H3,(H,51,56)(H,57,58)(H,59,60)(H,61,62). The van der Waals surface area contributed by atoms with E-state index in [1.54, 1.807) is 9.80 Å². The lowest BCUT2D eigenvalue weighted by Crippen LogP contribution is -2.48. The highest BCUT2D eigenvalue weighted by Gasteiger charge is 2.27. The Morgan fingerprint density at radius 2 is 0.784 bits per heavy atom. The third-order valence-corrected chi connectivity index (χ3v) is 10.8. The van der Waals surface area contributed by atoms with Crippen molar-refractivity contribution in [1.82, 2.24) is 20.0 Å². The first-order valence-corrected chi connectivity index (χ1v) is 26.2. The molecule has 2 radical (unpaired) electrons. The highest BCUT2D eigenvalue weighted by Crippen LogP contribution is 2.11. The van der Waals surface area contributed by atoms with E-state index in [0.717, 1.165) is 12.8 Å². The van der Waals surface area contributed by atoms with E-state index in [1.807, 2.05) is 11.8 Å². The van der Waals surface area contributed by atoms with Crippen molar-refractivity contribution in [3.8, 4) is 0 Å². The molecular formula is C49H93BN4O20. The van der Waals surface area contributed by atoms with Gasteiger partial charge in [0.15, 0.2) is 7.85 Å². The van der Waals surface area contributed by atoms with Gasteiger partial charge in [-0.15, -0.1) is 0 Å². The van der Waals surface area contributed by atoms with E-state index in [2.05, 4.69) is 19.2 Å². The lowest BCUT2D eigenvalue weighted by Gasteiger charge is -2.32. The van der Waals surface area contributed by atoms with Crippen LogP contribution in [0.2, 0.25) is 0 Å². The van der Waals surface area contributed by atoms with Crippen LogP contribution in [0.4, 0.5) is 0 Å². The molecule has 0 aliphatic heterocycles. The highest BCUT2D eigenvalue weighted by atomic mass is 16.6. The molecule has 0 bridgehead atoms. The summed E-state index contributed by atoms with van der Waals surface area (Å²) in [4.78, 5) is 64.0. The zero-order valence-corrected chi connectivity index (χ0v) is 44.9. The van der Waals surface area contributed by atoms with Crippen molar-refractivity contribution in [3.05, 3.63) is 0 Å². The highest BCUT2D eigenvalue weighted by molar-refractivity contribution is 6.57. The SMILES string of the molecule is [B]C(=O)CCOCCOCCOCCOCCOCCOCCOCCOCCOCCOCCOCCOCCNC(=O)CCC(C(=O)O)N(CCC)CCN(CCN(CCC(C)CC)CC(=O)O)CC(=O)O. The molecule has 0 rings (SSSR count). The number of hydrogen-bond donors (Lipinski definition) is 4. The van der Waals surface area contributed by atoms with E-state index >= 15 is 0 Å². The van der Waals surface area contributed by atoms with Gasteiger partial charge in [-0.3, -0.25) is 33.9 Å². The molecule has 1 amide bonds. The summed E-state index contributed by atoms with van der Waals surface area (Å²) in [6.45, 7) is 18.3. The second-order valence-corrected chi connectivity index (χ2v) is 17.0. The number of nitrogens with one attached hydrogen (secondary N) is 1. The van der Waals surface area contributed by atoms with Gasteiger partial charge in [0, 0.05) is 45.6 Å². The Hall–Kier alpha value is -2.99. The number of amides is 1. The topological polar surface area (TPSA) is 279 Å². The number of ether oxygens (including phenoxy) is 12. The summed E-state index contributed by atoms with van der Waals surface area (Å²) in [5.74, 6) is -2.91. The molecule has 24 nitrogen and oxygen atoms in total. The molecule has 2 atom stereocenters. The number of carboxylic acids is 3. The zero-order chi connectivity index (χ0) is 54.5. The summed E-state index contributed by atoms with van der Waals surface area (Å²) >= 11 is 0. The fourth-order valence-corrected chi connectivity index (χ4v) is 6.57. The number of hydrogen-bond acceptors (Lipinski definition) is 20. The van der Waals surface area contributed by atoms with Crippen molar-refractivity contribution in [2.75, 3.05) is 217 Å². The van der Waals surface area contributed by atoms with Crippen LogP contribution in [0.3, 0.4) is 0 Å². The van der Waals surface area contributed by atoms with Gasteiger partial charge in [0.2, 0.25) is 5.91 Å².